The lowest BCUT2D eigenvalue weighted by molar-refractivity contribution is 0.246. The molecule has 1 amide bonds. The van der Waals surface area contributed by atoms with Gasteiger partial charge in [-0.15, -0.1) is 0 Å². The average Bonchev–Trinajstić information content (AvgIpc) is 2.35. The van der Waals surface area contributed by atoms with Gasteiger partial charge in [0.15, 0.2) is 0 Å². The Hall–Kier alpha value is -0.520. The van der Waals surface area contributed by atoms with E-state index in [1.54, 1.807) is 4.57 Å². The van der Waals surface area contributed by atoms with E-state index in [0.29, 0.717) is 6.54 Å². The first-order valence-corrected chi connectivity index (χ1v) is 4.00. The minimum absolute atomic E-state index is 0.0158. The predicted octanol–water partition coefficient (Wildman–Crippen LogP) is 1.16. The van der Waals surface area contributed by atoms with Gasteiger partial charge in [-0.2, -0.15) is 0 Å². The minimum atomic E-state index is -0.0158. The van der Waals surface area contributed by atoms with Crippen molar-refractivity contribution in [2.45, 2.75) is 6.54 Å². The number of hydrogen-bond acceptors (Lipinski definition) is 1. The highest BCUT2D eigenvalue weighted by atomic mass is 127. The molecule has 4 heteroatoms. The Morgan fingerprint density at radius 1 is 1.70 bits per heavy atom. The molecule has 0 bridgehead atoms. The number of aromatic nitrogens is 1. The summed E-state index contributed by atoms with van der Waals surface area (Å²) in [5.41, 5.74) is 1.05. The summed E-state index contributed by atoms with van der Waals surface area (Å²) in [6.07, 6.45) is 1.83. The van der Waals surface area contributed by atoms with E-state index < -0.39 is 0 Å². The zero-order valence-electron chi connectivity index (χ0n) is 5.10. The standard InChI is InChI=1S/C6H5IN2O/c7-4-1-5-2-8-6(10)9(5)3-4/h1,3H,2H2,(H,8,10). The fraction of sp³-hybridized carbons (Fsp3) is 0.167. The Morgan fingerprint density at radius 3 is 3.20 bits per heavy atom. The van der Waals surface area contributed by atoms with Crippen molar-refractivity contribution >= 4 is 28.6 Å². The van der Waals surface area contributed by atoms with Gasteiger partial charge in [0.25, 0.3) is 0 Å². The van der Waals surface area contributed by atoms with Gasteiger partial charge in [-0.3, -0.25) is 4.57 Å². The Morgan fingerprint density at radius 2 is 2.50 bits per heavy atom. The summed E-state index contributed by atoms with van der Waals surface area (Å²) in [6.45, 7) is 0.668. The third kappa shape index (κ3) is 0.749. The number of fused-ring (bicyclic) bond motifs is 1. The monoisotopic (exact) mass is 248 g/mol. The van der Waals surface area contributed by atoms with Gasteiger partial charge in [0.1, 0.15) is 0 Å². The van der Waals surface area contributed by atoms with Crippen LogP contribution in [0, 0.1) is 3.57 Å². The van der Waals surface area contributed by atoms with E-state index in [9.17, 15) is 4.79 Å². The number of nitrogens with one attached hydrogen (secondary N) is 1. The average molecular weight is 248 g/mol. The molecule has 2 rings (SSSR count). The Kier molecular flexibility index (Phi) is 1.23. The van der Waals surface area contributed by atoms with Crippen LogP contribution < -0.4 is 5.32 Å². The zero-order chi connectivity index (χ0) is 7.14. The summed E-state index contributed by atoms with van der Waals surface area (Å²) in [5.74, 6) is 0. The molecule has 1 aromatic rings. The maximum absolute atomic E-state index is 10.9. The number of nitrogens with zero attached hydrogens (tertiary/aromatic N) is 1. The second-order valence-corrected chi connectivity index (χ2v) is 3.42. The number of amides is 1. The van der Waals surface area contributed by atoms with Gasteiger partial charge in [0.2, 0.25) is 0 Å². The first-order chi connectivity index (χ1) is 4.77. The highest BCUT2D eigenvalue weighted by Crippen LogP contribution is 2.14. The summed E-state index contributed by atoms with van der Waals surface area (Å²) in [4.78, 5) is 10.9. The molecule has 0 saturated carbocycles. The van der Waals surface area contributed by atoms with Gasteiger partial charge in [0.05, 0.1) is 6.54 Å². The third-order valence-electron chi connectivity index (χ3n) is 1.51. The van der Waals surface area contributed by atoms with Crippen LogP contribution in [0.25, 0.3) is 0 Å². The third-order valence-corrected chi connectivity index (χ3v) is 2.10. The second kappa shape index (κ2) is 1.98. The van der Waals surface area contributed by atoms with Crippen molar-refractivity contribution in [2.24, 2.45) is 0 Å². The van der Waals surface area contributed by atoms with Crippen molar-refractivity contribution in [3.8, 4) is 0 Å². The van der Waals surface area contributed by atoms with Gasteiger partial charge >= 0.3 is 6.03 Å². The van der Waals surface area contributed by atoms with Gasteiger partial charge in [0, 0.05) is 15.5 Å². The van der Waals surface area contributed by atoms with Crippen molar-refractivity contribution in [3.63, 3.8) is 0 Å². The smallest absolute Gasteiger partial charge is 0.326 e. The van der Waals surface area contributed by atoms with E-state index in [4.69, 9.17) is 0 Å². The van der Waals surface area contributed by atoms with E-state index in [1.165, 1.54) is 0 Å². The molecule has 3 nitrogen and oxygen atoms in total. The minimum Gasteiger partial charge on any atom is -0.332 e. The van der Waals surface area contributed by atoms with E-state index in [0.717, 1.165) is 9.26 Å². The fourth-order valence-electron chi connectivity index (χ4n) is 1.05. The normalized spacial score (nSPS) is 15.1. The van der Waals surface area contributed by atoms with Crippen LogP contribution in [0.5, 0.6) is 0 Å². The maximum Gasteiger partial charge on any atom is 0.326 e. The summed E-state index contributed by atoms with van der Waals surface area (Å²) in [5, 5.41) is 2.71. The fourth-order valence-corrected chi connectivity index (χ4v) is 1.69. The number of carbonyl (C=O) groups excluding carboxylic acids is 1. The first kappa shape index (κ1) is 6.21. The molecule has 0 aromatic carbocycles. The maximum atomic E-state index is 10.9. The van der Waals surface area contributed by atoms with Gasteiger partial charge in [-0.25, -0.2) is 4.79 Å². The molecule has 1 aromatic heterocycles. The Bertz CT molecular complexity index is 292. The second-order valence-electron chi connectivity index (χ2n) is 2.18. The number of rotatable bonds is 0. The molecule has 10 heavy (non-hydrogen) atoms. The number of carbonyl (C=O) groups is 1. The molecule has 0 unspecified atom stereocenters. The molecular formula is C6H5IN2O. The van der Waals surface area contributed by atoms with Crippen LogP contribution in [-0.2, 0) is 6.54 Å². The number of halogens is 1. The van der Waals surface area contributed by atoms with Crippen LogP contribution in [-0.4, -0.2) is 10.6 Å². The lowest BCUT2D eigenvalue weighted by Gasteiger charge is -1.89. The SMILES string of the molecule is O=C1NCc2cc(I)cn21. The summed E-state index contributed by atoms with van der Waals surface area (Å²) < 4.78 is 2.75. The van der Waals surface area contributed by atoms with Crippen LogP contribution in [0.4, 0.5) is 4.79 Å². The van der Waals surface area contributed by atoms with E-state index in [1.807, 2.05) is 12.3 Å². The molecule has 52 valence electrons. The van der Waals surface area contributed by atoms with Gasteiger partial charge < -0.3 is 5.32 Å². The van der Waals surface area contributed by atoms with E-state index >= 15 is 0 Å². The number of hydrogen-bond donors (Lipinski definition) is 1. The van der Waals surface area contributed by atoms with Crippen molar-refractivity contribution in [1.29, 1.82) is 0 Å². The lowest BCUT2D eigenvalue weighted by Crippen LogP contribution is -2.16. The van der Waals surface area contributed by atoms with Crippen LogP contribution in [0.3, 0.4) is 0 Å². The Balaban J connectivity index is 2.59. The highest BCUT2D eigenvalue weighted by molar-refractivity contribution is 14.1. The van der Waals surface area contributed by atoms with Crippen LogP contribution in [0.15, 0.2) is 12.3 Å². The molecule has 0 saturated heterocycles. The lowest BCUT2D eigenvalue weighted by atomic mass is 10.4. The summed E-state index contributed by atoms with van der Waals surface area (Å²) >= 11 is 2.19. The van der Waals surface area contributed by atoms with Gasteiger partial charge in [-0.05, 0) is 28.7 Å². The molecule has 0 atom stereocenters. The molecular weight excluding hydrogens is 243 g/mol. The first-order valence-electron chi connectivity index (χ1n) is 2.92. The summed E-state index contributed by atoms with van der Waals surface area (Å²) in [6, 6.07) is 1.98. The van der Waals surface area contributed by atoms with Crippen LogP contribution in [0.2, 0.25) is 0 Å². The van der Waals surface area contributed by atoms with E-state index in [2.05, 4.69) is 27.9 Å². The zero-order valence-corrected chi connectivity index (χ0v) is 7.25. The topological polar surface area (TPSA) is 34.0 Å². The molecule has 0 radical (unpaired) electrons. The molecule has 1 N–H and O–H groups in total. The largest absolute Gasteiger partial charge is 0.332 e. The quantitative estimate of drug-likeness (QED) is 0.687. The van der Waals surface area contributed by atoms with Crippen LogP contribution >= 0.6 is 22.6 Å². The predicted molar refractivity (Wildman–Crippen MR) is 44.8 cm³/mol. The van der Waals surface area contributed by atoms with Crippen molar-refractivity contribution in [3.05, 3.63) is 21.5 Å². The van der Waals surface area contributed by atoms with Crippen molar-refractivity contribution < 1.29 is 4.79 Å². The molecule has 1 aliphatic heterocycles. The molecule has 0 spiro atoms. The van der Waals surface area contributed by atoms with Crippen LogP contribution in [0.1, 0.15) is 5.69 Å². The highest BCUT2D eigenvalue weighted by Gasteiger charge is 2.17. The van der Waals surface area contributed by atoms with E-state index in [-0.39, 0.29) is 6.03 Å². The Labute approximate surface area is 71.5 Å². The molecule has 0 aliphatic carbocycles. The molecule has 1 aliphatic rings. The molecule has 0 fully saturated rings. The van der Waals surface area contributed by atoms with Crippen molar-refractivity contribution in [1.82, 2.24) is 9.88 Å². The molecule has 2 heterocycles. The van der Waals surface area contributed by atoms with Crippen molar-refractivity contribution in [2.75, 3.05) is 0 Å². The summed E-state index contributed by atoms with van der Waals surface area (Å²) in [7, 11) is 0. The van der Waals surface area contributed by atoms with Gasteiger partial charge in [-0.1, -0.05) is 0 Å².